The third-order valence-corrected chi connectivity index (χ3v) is 10.1. The Morgan fingerprint density at radius 2 is 1.19 bits per heavy atom. The van der Waals surface area contributed by atoms with E-state index in [0.29, 0.717) is 6.61 Å². The lowest BCUT2D eigenvalue weighted by Gasteiger charge is -2.43. The van der Waals surface area contributed by atoms with E-state index in [2.05, 4.69) is 106 Å². The lowest BCUT2D eigenvalue weighted by molar-refractivity contribution is 0.286. The van der Waals surface area contributed by atoms with Gasteiger partial charge in [0.25, 0.3) is 8.32 Å². The average molecular weight is 379 g/mol. The van der Waals surface area contributed by atoms with Crippen molar-refractivity contribution < 1.29 is 4.43 Å². The summed E-state index contributed by atoms with van der Waals surface area (Å²) in [5.74, 6) is 0. The first-order valence-corrected chi connectivity index (χ1v) is 11.3. The Labute approximate surface area is 163 Å². The van der Waals surface area contributed by atoms with Crippen LogP contribution in [0.5, 0.6) is 0 Å². The highest BCUT2D eigenvalue weighted by Crippen LogP contribution is 2.37. The van der Waals surface area contributed by atoms with E-state index in [0.717, 1.165) is 4.90 Å². The minimum absolute atomic E-state index is 0.000800. The molecule has 0 fully saturated rings. The van der Waals surface area contributed by atoms with E-state index in [1.807, 2.05) is 12.1 Å². The van der Waals surface area contributed by atoms with Gasteiger partial charge in [-0.25, -0.2) is 0 Å². The second-order valence-electron chi connectivity index (χ2n) is 7.62. The zero-order valence-corrected chi connectivity index (χ0v) is 17.5. The summed E-state index contributed by atoms with van der Waals surface area (Å²) in [5, 5.41) is 2.62. The van der Waals surface area contributed by atoms with Crippen molar-refractivity contribution in [1.29, 1.82) is 0 Å². The molecular weight excluding hydrogens is 352 g/mol. The monoisotopic (exact) mass is 378 g/mol. The van der Waals surface area contributed by atoms with Crippen LogP contribution in [-0.2, 0) is 11.0 Å². The molecule has 1 nitrogen and oxygen atoms in total. The predicted octanol–water partition coefficient (Wildman–Crippen LogP) is 5.05. The highest BCUT2D eigenvalue weighted by atomic mass is 32.1. The Morgan fingerprint density at radius 3 is 1.62 bits per heavy atom. The van der Waals surface area contributed by atoms with E-state index >= 15 is 0 Å². The Balaban J connectivity index is 2.09. The molecule has 0 saturated carbocycles. The fraction of sp³-hybridized carbons (Fsp3) is 0.217. The highest BCUT2D eigenvalue weighted by molar-refractivity contribution is 7.80. The molecule has 3 aromatic carbocycles. The van der Waals surface area contributed by atoms with Crippen molar-refractivity contribution in [2.75, 3.05) is 0 Å². The molecule has 26 heavy (non-hydrogen) atoms. The summed E-state index contributed by atoms with van der Waals surface area (Å²) in [6.07, 6.45) is 0. The SMILES string of the molecule is CC(C)(C)[Si](OCc1ccc(S)cc1)(c1ccccc1)c1ccccc1. The molecule has 0 unspecified atom stereocenters. The van der Waals surface area contributed by atoms with Gasteiger partial charge in [0.1, 0.15) is 0 Å². The fourth-order valence-corrected chi connectivity index (χ4v) is 8.23. The third kappa shape index (κ3) is 3.80. The van der Waals surface area contributed by atoms with Gasteiger partial charge in [0.05, 0.1) is 6.61 Å². The van der Waals surface area contributed by atoms with Crippen molar-refractivity contribution in [3.63, 3.8) is 0 Å². The van der Waals surface area contributed by atoms with Gasteiger partial charge in [-0.3, -0.25) is 0 Å². The van der Waals surface area contributed by atoms with E-state index in [1.165, 1.54) is 15.9 Å². The second kappa shape index (κ2) is 7.83. The van der Waals surface area contributed by atoms with Gasteiger partial charge in [-0.2, -0.15) is 0 Å². The Bertz CT molecular complexity index is 784. The molecule has 0 aliphatic carbocycles. The number of hydrogen-bond acceptors (Lipinski definition) is 2. The van der Waals surface area contributed by atoms with Crippen molar-refractivity contribution >= 4 is 31.3 Å². The molecule has 0 saturated heterocycles. The van der Waals surface area contributed by atoms with Gasteiger partial charge in [-0.15, -0.1) is 12.6 Å². The molecule has 0 aliphatic heterocycles. The minimum Gasteiger partial charge on any atom is -0.403 e. The van der Waals surface area contributed by atoms with Crippen LogP contribution in [-0.4, -0.2) is 8.32 Å². The van der Waals surface area contributed by atoms with Crippen molar-refractivity contribution in [3.8, 4) is 0 Å². The molecule has 0 N–H and O–H groups in total. The summed E-state index contributed by atoms with van der Waals surface area (Å²) < 4.78 is 6.91. The first kappa shape index (κ1) is 19.0. The van der Waals surface area contributed by atoms with Gasteiger partial charge in [-0.1, -0.05) is 93.6 Å². The van der Waals surface area contributed by atoms with E-state index < -0.39 is 8.32 Å². The molecule has 0 radical (unpaired) electrons. The minimum atomic E-state index is -2.46. The van der Waals surface area contributed by atoms with Crippen molar-refractivity contribution in [2.24, 2.45) is 0 Å². The number of hydrogen-bond donors (Lipinski definition) is 1. The van der Waals surface area contributed by atoms with Crippen molar-refractivity contribution in [3.05, 3.63) is 90.5 Å². The van der Waals surface area contributed by atoms with Crippen LogP contribution < -0.4 is 10.4 Å². The van der Waals surface area contributed by atoms with Crippen LogP contribution in [0.15, 0.2) is 89.8 Å². The van der Waals surface area contributed by atoms with Gasteiger partial charge in [0.15, 0.2) is 0 Å². The second-order valence-corrected chi connectivity index (χ2v) is 12.4. The summed E-state index contributed by atoms with van der Waals surface area (Å²) >= 11 is 4.39. The van der Waals surface area contributed by atoms with E-state index in [4.69, 9.17) is 4.43 Å². The molecule has 0 heterocycles. The maximum atomic E-state index is 6.91. The normalized spacial score (nSPS) is 12.2. The Morgan fingerprint density at radius 1 is 0.731 bits per heavy atom. The highest BCUT2D eigenvalue weighted by Gasteiger charge is 2.50. The Kier molecular flexibility index (Phi) is 5.71. The van der Waals surface area contributed by atoms with E-state index in [9.17, 15) is 0 Å². The van der Waals surface area contributed by atoms with Gasteiger partial charge < -0.3 is 4.43 Å². The standard InChI is InChI=1S/C23H26OSSi/c1-23(2,3)26(21-10-6-4-7-11-21,22-12-8-5-9-13-22)24-18-19-14-16-20(25)17-15-19/h4-17,25H,18H2,1-3H3. The first-order chi connectivity index (χ1) is 12.4. The van der Waals surface area contributed by atoms with Crippen LogP contribution >= 0.6 is 12.6 Å². The van der Waals surface area contributed by atoms with Crippen LogP contribution in [0, 0.1) is 0 Å². The number of rotatable bonds is 5. The topological polar surface area (TPSA) is 9.23 Å². The summed E-state index contributed by atoms with van der Waals surface area (Å²) in [6, 6.07) is 29.7. The smallest absolute Gasteiger partial charge is 0.261 e. The largest absolute Gasteiger partial charge is 0.403 e. The van der Waals surface area contributed by atoms with Crippen LogP contribution in [0.25, 0.3) is 0 Å². The van der Waals surface area contributed by atoms with Gasteiger partial charge >= 0.3 is 0 Å². The molecule has 0 atom stereocenters. The Hall–Kier alpha value is -1.81. The fourth-order valence-electron chi connectivity index (χ4n) is 3.55. The predicted molar refractivity (Wildman–Crippen MR) is 116 cm³/mol. The van der Waals surface area contributed by atoms with Gasteiger partial charge in [-0.05, 0) is 33.1 Å². The lowest BCUT2D eigenvalue weighted by atomic mass is 10.2. The van der Waals surface area contributed by atoms with Crippen LogP contribution in [0.3, 0.4) is 0 Å². The lowest BCUT2D eigenvalue weighted by Crippen LogP contribution is -2.66. The molecule has 0 amide bonds. The molecule has 0 spiro atoms. The molecule has 3 rings (SSSR count). The van der Waals surface area contributed by atoms with Crippen molar-refractivity contribution in [2.45, 2.75) is 37.3 Å². The van der Waals surface area contributed by atoms with Crippen LogP contribution in [0.4, 0.5) is 0 Å². The molecular formula is C23H26OSSi. The molecule has 134 valence electrons. The third-order valence-electron chi connectivity index (χ3n) is 4.81. The summed E-state index contributed by atoms with van der Waals surface area (Å²) in [6.45, 7) is 7.50. The van der Waals surface area contributed by atoms with Gasteiger partial charge in [0, 0.05) is 4.90 Å². The molecule has 0 aromatic heterocycles. The molecule has 0 aliphatic rings. The van der Waals surface area contributed by atoms with E-state index in [-0.39, 0.29) is 5.04 Å². The maximum Gasteiger partial charge on any atom is 0.261 e. The maximum absolute atomic E-state index is 6.91. The van der Waals surface area contributed by atoms with Gasteiger partial charge in [0.2, 0.25) is 0 Å². The average Bonchev–Trinajstić information content (AvgIpc) is 2.64. The van der Waals surface area contributed by atoms with Crippen LogP contribution in [0.1, 0.15) is 26.3 Å². The zero-order chi connectivity index (χ0) is 18.6. The summed E-state index contributed by atoms with van der Waals surface area (Å²) in [5.41, 5.74) is 1.18. The zero-order valence-electron chi connectivity index (χ0n) is 15.6. The summed E-state index contributed by atoms with van der Waals surface area (Å²) in [7, 11) is -2.46. The first-order valence-electron chi connectivity index (χ1n) is 8.96. The molecule has 0 bridgehead atoms. The number of thiol groups is 1. The quantitative estimate of drug-likeness (QED) is 0.483. The summed E-state index contributed by atoms with van der Waals surface area (Å²) in [4.78, 5) is 0.971. The van der Waals surface area contributed by atoms with Crippen molar-refractivity contribution in [1.82, 2.24) is 0 Å². The van der Waals surface area contributed by atoms with Crippen LogP contribution in [0.2, 0.25) is 5.04 Å². The number of benzene rings is 3. The molecule has 3 aromatic rings. The molecule has 3 heteroatoms. The van der Waals surface area contributed by atoms with E-state index in [1.54, 1.807) is 0 Å².